The third kappa shape index (κ3) is 1.95. The van der Waals surface area contributed by atoms with Crippen molar-refractivity contribution in [2.45, 2.75) is 13.8 Å². The Morgan fingerprint density at radius 1 is 1.33 bits per heavy atom. The van der Waals surface area contributed by atoms with Gasteiger partial charge in [0.15, 0.2) is 0 Å². The summed E-state index contributed by atoms with van der Waals surface area (Å²) in [5.41, 5.74) is 2.75. The van der Waals surface area contributed by atoms with Crippen molar-refractivity contribution < 1.29 is 4.39 Å². The molecule has 0 aliphatic rings. The minimum atomic E-state index is -0.155. The monoisotopic (exact) mass is 219 g/mol. The van der Waals surface area contributed by atoms with E-state index in [1.54, 1.807) is 19.2 Å². The molecule has 2 aromatic rings. The lowest BCUT2D eigenvalue weighted by Crippen LogP contribution is -2.07. The van der Waals surface area contributed by atoms with E-state index in [-0.39, 0.29) is 5.82 Å². The van der Waals surface area contributed by atoms with E-state index >= 15 is 0 Å². The van der Waals surface area contributed by atoms with Gasteiger partial charge in [0.1, 0.15) is 13.7 Å². The standard InChI is InChI=1S/C11H11BFNS/c1-6-11(15-7(2)14-6)8-3-4-10(13)9(12)5-8/h3-5H,12H2,1-2H3. The fourth-order valence-corrected chi connectivity index (χ4v) is 2.50. The van der Waals surface area contributed by atoms with Crippen molar-refractivity contribution in [2.75, 3.05) is 0 Å². The van der Waals surface area contributed by atoms with Gasteiger partial charge in [0.2, 0.25) is 0 Å². The van der Waals surface area contributed by atoms with Gasteiger partial charge in [-0.25, -0.2) is 9.37 Å². The second-order valence-electron chi connectivity index (χ2n) is 3.61. The molecule has 0 aliphatic heterocycles. The summed E-state index contributed by atoms with van der Waals surface area (Å²) in [4.78, 5) is 5.50. The highest BCUT2D eigenvalue weighted by molar-refractivity contribution is 7.15. The van der Waals surface area contributed by atoms with Crippen molar-refractivity contribution in [1.29, 1.82) is 0 Å². The van der Waals surface area contributed by atoms with Crippen LogP contribution in [0.5, 0.6) is 0 Å². The van der Waals surface area contributed by atoms with Crippen LogP contribution in [0, 0.1) is 19.7 Å². The van der Waals surface area contributed by atoms with Crippen molar-refractivity contribution in [2.24, 2.45) is 0 Å². The van der Waals surface area contributed by atoms with Crippen molar-refractivity contribution in [3.8, 4) is 10.4 Å². The van der Waals surface area contributed by atoms with E-state index in [4.69, 9.17) is 0 Å². The quantitative estimate of drug-likeness (QED) is 0.666. The predicted octanol–water partition coefficient (Wildman–Crippen LogP) is 1.82. The number of aromatic nitrogens is 1. The maximum absolute atomic E-state index is 13.1. The van der Waals surface area contributed by atoms with Crippen LogP contribution in [0.4, 0.5) is 4.39 Å². The van der Waals surface area contributed by atoms with Gasteiger partial charge < -0.3 is 0 Å². The first-order valence-electron chi connectivity index (χ1n) is 4.78. The van der Waals surface area contributed by atoms with Gasteiger partial charge in [-0.2, -0.15) is 0 Å². The maximum Gasteiger partial charge on any atom is 0.143 e. The molecule has 0 amide bonds. The van der Waals surface area contributed by atoms with E-state index in [2.05, 4.69) is 4.98 Å². The molecule has 1 nitrogen and oxygen atoms in total. The molecule has 0 saturated heterocycles. The van der Waals surface area contributed by atoms with E-state index in [0.29, 0.717) is 5.46 Å². The normalized spacial score (nSPS) is 10.6. The SMILES string of the molecule is Bc1cc(-c2sc(C)nc2C)ccc1F. The van der Waals surface area contributed by atoms with Gasteiger partial charge in [-0.15, -0.1) is 11.3 Å². The highest BCUT2D eigenvalue weighted by Gasteiger charge is 2.08. The van der Waals surface area contributed by atoms with E-state index in [9.17, 15) is 4.39 Å². The summed E-state index contributed by atoms with van der Waals surface area (Å²) >= 11 is 1.65. The Morgan fingerprint density at radius 2 is 2.07 bits per heavy atom. The van der Waals surface area contributed by atoms with Gasteiger partial charge in [-0.05, 0) is 25.5 Å². The highest BCUT2D eigenvalue weighted by Crippen LogP contribution is 2.28. The fourth-order valence-electron chi connectivity index (χ4n) is 1.59. The molecule has 0 fully saturated rings. The third-order valence-electron chi connectivity index (χ3n) is 2.32. The number of halogens is 1. The third-order valence-corrected chi connectivity index (χ3v) is 3.45. The van der Waals surface area contributed by atoms with Gasteiger partial charge in [-0.1, -0.05) is 17.6 Å². The Bertz CT molecular complexity index is 507. The molecule has 0 bridgehead atoms. The average Bonchev–Trinajstić information content (AvgIpc) is 2.50. The number of aryl methyl sites for hydroxylation is 2. The summed E-state index contributed by atoms with van der Waals surface area (Å²) in [5.74, 6) is -0.155. The molecular weight excluding hydrogens is 208 g/mol. The molecule has 1 heterocycles. The topological polar surface area (TPSA) is 12.9 Å². The Kier molecular flexibility index (Phi) is 2.61. The first kappa shape index (κ1) is 10.4. The maximum atomic E-state index is 13.1. The van der Waals surface area contributed by atoms with Crippen molar-refractivity contribution in [3.63, 3.8) is 0 Å². The Labute approximate surface area is 93.4 Å². The van der Waals surface area contributed by atoms with E-state index in [1.807, 2.05) is 26.0 Å². The molecule has 0 radical (unpaired) electrons. The second kappa shape index (κ2) is 3.78. The van der Waals surface area contributed by atoms with Crippen LogP contribution in [0.2, 0.25) is 0 Å². The van der Waals surface area contributed by atoms with Gasteiger partial charge in [0, 0.05) is 0 Å². The smallest absolute Gasteiger partial charge is 0.143 e. The minimum Gasteiger partial charge on any atom is -0.246 e. The predicted molar refractivity (Wildman–Crippen MR) is 65.2 cm³/mol. The minimum absolute atomic E-state index is 0.155. The lowest BCUT2D eigenvalue weighted by Gasteiger charge is -2.01. The van der Waals surface area contributed by atoms with Crippen LogP contribution in [0.1, 0.15) is 10.7 Å². The van der Waals surface area contributed by atoms with Gasteiger partial charge >= 0.3 is 0 Å². The molecule has 1 aromatic heterocycles. The lowest BCUT2D eigenvalue weighted by atomic mass is 9.93. The summed E-state index contributed by atoms with van der Waals surface area (Å²) in [7, 11) is 1.78. The molecule has 0 N–H and O–H groups in total. The van der Waals surface area contributed by atoms with Gasteiger partial charge in [0.25, 0.3) is 0 Å². The Hall–Kier alpha value is -1.16. The summed E-state index contributed by atoms with van der Waals surface area (Å²) in [6.07, 6.45) is 0. The van der Waals surface area contributed by atoms with Crippen molar-refractivity contribution in [3.05, 3.63) is 34.7 Å². The molecular formula is C11H11BFNS. The first-order valence-corrected chi connectivity index (χ1v) is 5.60. The number of hydrogen-bond donors (Lipinski definition) is 0. The summed E-state index contributed by atoms with van der Waals surface area (Å²) in [6, 6.07) is 5.19. The molecule has 2 rings (SSSR count). The first-order chi connectivity index (χ1) is 7.08. The number of hydrogen-bond acceptors (Lipinski definition) is 2. The molecule has 15 heavy (non-hydrogen) atoms. The van der Waals surface area contributed by atoms with E-state index < -0.39 is 0 Å². The molecule has 1 aromatic carbocycles. The molecule has 76 valence electrons. The van der Waals surface area contributed by atoms with Crippen LogP contribution in [-0.2, 0) is 0 Å². The number of rotatable bonds is 1. The Morgan fingerprint density at radius 3 is 2.60 bits per heavy atom. The molecule has 0 spiro atoms. The van der Waals surface area contributed by atoms with Gasteiger partial charge in [-0.3, -0.25) is 0 Å². The van der Waals surface area contributed by atoms with Crippen molar-refractivity contribution >= 4 is 24.6 Å². The Balaban J connectivity index is 2.54. The largest absolute Gasteiger partial charge is 0.246 e. The zero-order valence-corrected chi connectivity index (χ0v) is 9.78. The van der Waals surface area contributed by atoms with Crippen LogP contribution >= 0.6 is 11.3 Å². The van der Waals surface area contributed by atoms with Crippen molar-refractivity contribution in [1.82, 2.24) is 4.98 Å². The number of benzene rings is 1. The van der Waals surface area contributed by atoms with Crippen LogP contribution in [-0.4, -0.2) is 12.8 Å². The lowest BCUT2D eigenvalue weighted by molar-refractivity contribution is 0.636. The molecule has 0 saturated carbocycles. The van der Waals surface area contributed by atoms with Crippen LogP contribution in [0.25, 0.3) is 10.4 Å². The molecule has 4 heteroatoms. The summed E-state index contributed by atoms with van der Waals surface area (Å²) < 4.78 is 13.1. The molecule has 0 atom stereocenters. The average molecular weight is 219 g/mol. The second-order valence-corrected chi connectivity index (χ2v) is 4.81. The number of thiazole rings is 1. The summed E-state index contributed by atoms with van der Waals surface area (Å²) in [6.45, 7) is 3.97. The van der Waals surface area contributed by atoms with Crippen LogP contribution in [0.3, 0.4) is 0 Å². The van der Waals surface area contributed by atoms with Crippen LogP contribution in [0.15, 0.2) is 18.2 Å². The van der Waals surface area contributed by atoms with Gasteiger partial charge in [0.05, 0.1) is 15.6 Å². The summed E-state index contributed by atoms with van der Waals surface area (Å²) in [5, 5.41) is 1.05. The van der Waals surface area contributed by atoms with E-state index in [1.165, 1.54) is 6.07 Å². The zero-order chi connectivity index (χ0) is 11.0. The zero-order valence-electron chi connectivity index (χ0n) is 8.97. The number of nitrogens with zero attached hydrogens (tertiary/aromatic N) is 1. The highest BCUT2D eigenvalue weighted by atomic mass is 32.1. The molecule has 0 aliphatic carbocycles. The van der Waals surface area contributed by atoms with E-state index in [0.717, 1.165) is 21.1 Å². The van der Waals surface area contributed by atoms with Crippen LogP contribution < -0.4 is 5.46 Å². The fraction of sp³-hybridized carbons (Fsp3) is 0.182. The molecule has 0 unspecified atom stereocenters.